The van der Waals surface area contributed by atoms with Gasteiger partial charge in [0, 0.05) is 4.88 Å². The molecule has 2 aromatic heterocycles. The standard InChI is InChI=1S/C24H24N4O3S2/c1-17-4-6-18(7-5-17)28-23(30)21(15-19-3-2-14-32-19)33-24(28)20(16-25)22(29)26-8-9-27-10-12-31-13-11-27/h2-7,14-15H,8-13H2,1H3,(H,26,29)/p+1/b21-15+,24-20+. The monoisotopic (exact) mass is 481 g/mol. The van der Waals surface area contributed by atoms with Crippen LogP contribution in [0.5, 0.6) is 0 Å². The van der Waals surface area contributed by atoms with Crippen LogP contribution in [0.15, 0.2) is 46.6 Å². The summed E-state index contributed by atoms with van der Waals surface area (Å²) in [5.74, 6) is -0.463. The second-order valence-electron chi connectivity index (χ2n) is 7.76. The number of aryl methyl sites for hydroxylation is 1. The summed E-state index contributed by atoms with van der Waals surface area (Å²) >= 11 is 2.69. The molecule has 2 N–H and O–H groups in total. The molecule has 0 unspecified atom stereocenters. The fourth-order valence-corrected chi connectivity index (χ4v) is 5.45. The smallest absolute Gasteiger partial charge is 0.273 e. The predicted octanol–water partition coefficient (Wildman–Crippen LogP) is -0.197. The van der Waals surface area contributed by atoms with Crippen molar-refractivity contribution in [1.82, 2.24) is 9.88 Å². The Morgan fingerprint density at radius 2 is 2.03 bits per heavy atom. The van der Waals surface area contributed by atoms with E-state index in [1.807, 2.05) is 54.8 Å². The average molecular weight is 482 g/mol. The minimum absolute atomic E-state index is 0.0551. The van der Waals surface area contributed by atoms with Crippen molar-refractivity contribution < 1.29 is 14.4 Å². The number of nitrogens with zero attached hydrogens (tertiary/aromatic N) is 2. The number of amides is 1. The number of thiazole rings is 1. The van der Waals surface area contributed by atoms with Gasteiger partial charge in [0.05, 0.1) is 36.5 Å². The van der Waals surface area contributed by atoms with Gasteiger partial charge in [-0.2, -0.15) is 5.26 Å². The fourth-order valence-electron chi connectivity index (χ4n) is 3.63. The van der Waals surface area contributed by atoms with Crippen LogP contribution in [-0.2, 0) is 9.53 Å². The number of morpholine rings is 1. The molecule has 0 saturated carbocycles. The molecule has 0 bridgehead atoms. The number of nitriles is 1. The van der Waals surface area contributed by atoms with Crippen LogP contribution in [0.2, 0.25) is 0 Å². The summed E-state index contributed by atoms with van der Waals surface area (Å²) in [6, 6.07) is 13.4. The topological polar surface area (TPSA) is 88.6 Å². The molecule has 1 amide bonds. The zero-order valence-corrected chi connectivity index (χ0v) is 19.9. The van der Waals surface area contributed by atoms with Gasteiger partial charge in [0.1, 0.15) is 23.8 Å². The molecule has 9 heteroatoms. The molecule has 1 fully saturated rings. The normalized spacial score (nSPS) is 15.8. The molecular weight excluding hydrogens is 456 g/mol. The maximum absolute atomic E-state index is 13.3. The molecule has 0 spiro atoms. The first-order valence-corrected chi connectivity index (χ1v) is 12.4. The molecule has 0 aliphatic carbocycles. The molecule has 1 aromatic carbocycles. The largest absolute Gasteiger partial charge is 0.370 e. The summed E-state index contributed by atoms with van der Waals surface area (Å²) in [7, 11) is 0. The van der Waals surface area contributed by atoms with E-state index in [0.29, 0.717) is 21.4 Å². The Labute approximate surface area is 199 Å². The Hall–Kier alpha value is -3.03. The second kappa shape index (κ2) is 10.7. The molecule has 1 aliphatic rings. The van der Waals surface area contributed by atoms with Gasteiger partial charge in [-0.25, -0.2) is 0 Å². The molecule has 0 radical (unpaired) electrons. The molecule has 1 aliphatic heterocycles. The molecule has 4 rings (SSSR count). The minimum Gasteiger partial charge on any atom is -0.370 e. The van der Waals surface area contributed by atoms with E-state index in [2.05, 4.69) is 5.32 Å². The molecule has 33 heavy (non-hydrogen) atoms. The first kappa shape index (κ1) is 23.1. The third-order valence-corrected chi connectivity index (χ3v) is 7.36. The van der Waals surface area contributed by atoms with Gasteiger partial charge >= 0.3 is 0 Å². The number of thiophene rings is 1. The van der Waals surface area contributed by atoms with E-state index in [4.69, 9.17) is 4.74 Å². The van der Waals surface area contributed by atoms with Crippen molar-refractivity contribution in [3.8, 4) is 11.8 Å². The highest BCUT2D eigenvalue weighted by Crippen LogP contribution is 2.09. The summed E-state index contributed by atoms with van der Waals surface area (Å²) in [4.78, 5) is 28.6. The third-order valence-electron chi connectivity index (χ3n) is 5.45. The van der Waals surface area contributed by atoms with Gasteiger partial charge in [-0.15, -0.1) is 22.7 Å². The van der Waals surface area contributed by atoms with Crippen molar-refractivity contribution in [2.24, 2.45) is 0 Å². The van der Waals surface area contributed by atoms with Crippen molar-refractivity contribution >= 4 is 40.2 Å². The lowest BCUT2D eigenvalue weighted by molar-refractivity contribution is -0.906. The van der Waals surface area contributed by atoms with E-state index in [-0.39, 0.29) is 11.1 Å². The van der Waals surface area contributed by atoms with E-state index in [0.717, 1.165) is 43.3 Å². The van der Waals surface area contributed by atoms with Crippen LogP contribution in [0, 0.1) is 18.3 Å². The van der Waals surface area contributed by atoms with Gasteiger partial charge < -0.3 is 15.0 Å². The Bertz CT molecular complexity index is 1330. The Morgan fingerprint density at radius 3 is 2.70 bits per heavy atom. The first-order valence-electron chi connectivity index (χ1n) is 10.7. The zero-order chi connectivity index (χ0) is 23.2. The lowest BCUT2D eigenvalue weighted by Gasteiger charge is -2.23. The van der Waals surface area contributed by atoms with Gasteiger partial charge in [0.25, 0.3) is 11.5 Å². The van der Waals surface area contributed by atoms with E-state index in [1.54, 1.807) is 6.08 Å². The summed E-state index contributed by atoms with van der Waals surface area (Å²) < 4.78 is 7.65. The highest BCUT2D eigenvalue weighted by Gasteiger charge is 2.18. The van der Waals surface area contributed by atoms with Crippen molar-refractivity contribution in [3.05, 3.63) is 71.8 Å². The summed E-state index contributed by atoms with van der Waals surface area (Å²) in [5.41, 5.74) is 1.38. The number of quaternary nitrogens is 1. The van der Waals surface area contributed by atoms with Crippen LogP contribution in [0.3, 0.4) is 0 Å². The van der Waals surface area contributed by atoms with E-state index in [1.165, 1.54) is 32.1 Å². The van der Waals surface area contributed by atoms with Crippen LogP contribution in [-0.4, -0.2) is 49.9 Å². The fraction of sp³-hybridized carbons (Fsp3) is 0.292. The van der Waals surface area contributed by atoms with Crippen LogP contribution in [0.4, 0.5) is 0 Å². The van der Waals surface area contributed by atoms with Crippen LogP contribution < -0.4 is 25.0 Å². The molecule has 170 valence electrons. The first-order chi connectivity index (χ1) is 16.1. The minimum atomic E-state index is -0.463. The zero-order valence-electron chi connectivity index (χ0n) is 18.3. The maximum atomic E-state index is 13.3. The Kier molecular flexibility index (Phi) is 7.52. The maximum Gasteiger partial charge on any atom is 0.273 e. The molecule has 1 saturated heterocycles. The van der Waals surface area contributed by atoms with Crippen molar-refractivity contribution in [3.63, 3.8) is 0 Å². The third kappa shape index (κ3) is 5.49. The van der Waals surface area contributed by atoms with E-state index >= 15 is 0 Å². The number of benzene rings is 1. The highest BCUT2D eigenvalue weighted by atomic mass is 32.1. The molecular formula is C24H25N4O3S2+. The lowest BCUT2D eigenvalue weighted by atomic mass is 10.2. The number of ether oxygens (including phenoxy) is 1. The molecule has 0 atom stereocenters. The molecule has 3 aromatic rings. The van der Waals surface area contributed by atoms with Crippen molar-refractivity contribution in [1.29, 1.82) is 5.26 Å². The number of carbonyl (C=O) groups excluding carboxylic acids is 1. The van der Waals surface area contributed by atoms with Gasteiger partial charge in [-0.1, -0.05) is 23.8 Å². The van der Waals surface area contributed by atoms with Gasteiger partial charge in [-0.3, -0.25) is 14.2 Å². The van der Waals surface area contributed by atoms with Crippen LogP contribution in [0.25, 0.3) is 17.3 Å². The number of hydrogen-bond acceptors (Lipinski definition) is 6. The van der Waals surface area contributed by atoms with Crippen molar-refractivity contribution in [2.75, 3.05) is 39.4 Å². The second-order valence-corrected chi connectivity index (χ2v) is 9.77. The van der Waals surface area contributed by atoms with Gasteiger partial charge in [0.2, 0.25) is 0 Å². The van der Waals surface area contributed by atoms with Crippen LogP contribution in [0.1, 0.15) is 10.4 Å². The average Bonchev–Trinajstić information content (AvgIpc) is 3.44. The van der Waals surface area contributed by atoms with Gasteiger partial charge in [0.15, 0.2) is 5.57 Å². The number of hydrogen-bond donors (Lipinski definition) is 2. The number of carbonyl (C=O) groups is 1. The Morgan fingerprint density at radius 1 is 1.27 bits per heavy atom. The number of rotatable bonds is 6. The van der Waals surface area contributed by atoms with Crippen molar-refractivity contribution in [2.45, 2.75) is 6.92 Å². The van der Waals surface area contributed by atoms with Gasteiger partial charge in [-0.05, 0) is 36.6 Å². The predicted molar refractivity (Wildman–Crippen MR) is 130 cm³/mol. The van der Waals surface area contributed by atoms with E-state index < -0.39 is 5.91 Å². The number of aromatic nitrogens is 1. The van der Waals surface area contributed by atoms with Crippen LogP contribution >= 0.6 is 22.7 Å². The quantitative estimate of drug-likeness (QED) is 0.511. The molecule has 7 nitrogen and oxygen atoms in total. The summed E-state index contributed by atoms with van der Waals surface area (Å²) in [6.07, 6.45) is 1.81. The SMILES string of the molecule is Cc1ccc(-n2c(=O)/c(=C\c3cccs3)s/c2=C(\C#N)C(=O)NCC[NH+]2CCOCC2)cc1. The number of nitrogens with one attached hydrogen (secondary N) is 2. The summed E-state index contributed by atoms with van der Waals surface area (Å²) in [6.45, 7) is 6.44. The van der Waals surface area contributed by atoms with E-state index in [9.17, 15) is 14.9 Å². The Balaban J connectivity index is 1.74. The summed E-state index contributed by atoms with van der Waals surface area (Å²) in [5, 5.41) is 14.7. The highest BCUT2D eigenvalue weighted by molar-refractivity contribution is 7.11. The molecule has 3 heterocycles. The lowest BCUT2D eigenvalue weighted by Crippen LogP contribution is -3.14.